The fraction of sp³-hybridized carbons (Fsp3) is 0.423. The number of hydrogen-bond acceptors (Lipinski definition) is 8. The van der Waals surface area contributed by atoms with Crippen LogP contribution in [0.4, 0.5) is 0 Å². The van der Waals surface area contributed by atoms with Gasteiger partial charge in [-0.2, -0.15) is 10.2 Å². The molecule has 0 saturated carbocycles. The van der Waals surface area contributed by atoms with E-state index in [1.54, 1.807) is 18.2 Å². The molecule has 1 heterocycles. The lowest BCUT2D eigenvalue weighted by Gasteiger charge is -2.15. The van der Waals surface area contributed by atoms with Crippen molar-refractivity contribution >= 4 is 10.0 Å². The molecule has 36 heavy (non-hydrogen) atoms. The van der Waals surface area contributed by atoms with Crippen molar-refractivity contribution in [3.05, 3.63) is 53.1 Å². The quantitative estimate of drug-likeness (QED) is 0.371. The number of ether oxygens (including phenoxy) is 1. The minimum absolute atomic E-state index is 0.0401. The van der Waals surface area contributed by atoms with Gasteiger partial charge in [0.1, 0.15) is 11.8 Å². The second-order valence-corrected chi connectivity index (χ2v) is 10.9. The van der Waals surface area contributed by atoms with Crippen molar-refractivity contribution in [2.45, 2.75) is 52.2 Å². The van der Waals surface area contributed by atoms with Crippen LogP contribution in [-0.2, 0) is 16.4 Å². The Morgan fingerprint density at radius 3 is 2.83 bits per heavy atom. The van der Waals surface area contributed by atoms with Gasteiger partial charge in [-0.25, -0.2) is 13.1 Å². The molecule has 1 aromatic heterocycles. The van der Waals surface area contributed by atoms with Gasteiger partial charge in [0.05, 0.1) is 17.4 Å². The third-order valence-corrected chi connectivity index (χ3v) is 7.33. The summed E-state index contributed by atoms with van der Waals surface area (Å²) in [6.45, 7) is 7.07. The molecule has 0 amide bonds. The Balaban J connectivity index is 1.54. The highest BCUT2D eigenvalue weighted by atomic mass is 32.2. The van der Waals surface area contributed by atoms with Gasteiger partial charge in [-0.1, -0.05) is 30.3 Å². The molecule has 0 fully saturated rings. The van der Waals surface area contributed by atoms with E-state index in [4.69, 9.17) is 9.26 Å². The van der Waals surface area contributed by atoms with E-state index in [2.05, 4.69) is 26.2 Å². The fourth-order valence-electron chi connectivity index (χ4n) is 4.33. The summed E-state index contributed by atoms with van der Waals surface area (Å²) in [6, 6.07) is 12.8. The summed E-state index contributed by atoms with van der Waals surface area (Å²) in [5, 5.41) is 16.8. The average molecular weight is 510 g/mol. The largest absolute Gasteiger partial charge is 0.490 e. The highest BCUT2D eigenvalue weighted by Gasteiger charge is 2.29. The van der Waals surface area contributed by atoms with Gasteiger partial charge >= 0.3 is 0 Å². The number of nitrogens with zero attached hydrogens (tertiary/aromatic N) is 3. The van der Waals surface area contributed by atoms with Gasteiger partial charge in [0.15, 0.2) is 0 Å². The summed E-state index contributed by atoms with van der Waals surface area (Å²) in [4.78, 5) is 4.58. The number of nitriles is 1. The zero-order valence-electron chi connectivity index (χ0n) is 20.7. The van der Waals surface area contributed by atoms with Gasteiger partial charge in [0.25, 0.3) is 5.89 Å². The summed E-state index contributed by atoms with van der Waals surface area (Å²) >= 11 is 0. The van der Waals surface area contributed by atoms with Crippen LogP contribution in [0, 0.1) is 11.3 Å². The first-order valence-corrected chi connectivity index (χ1v) is 13.8. The number of hydrogen-bond donors (Lipinski definition) is 2. The molecular formula is C26H31N5O4S. The van der Waals surface area contributed by atoms with Crippen LogP contribution in [0.1, 0.15) is 56.3 Å². The van der Waals surface area contributed by atoms with Gasteiger partial charge in [0.2, 0.25) is 15.8 Å². The standard InChI is InChI=1S/C26H31N5O4S/c1-4-12-28-13-14-36(32,33)31-23-10-9-20-21(23)6-5-7-22(20)25-29-26(35-30-25)18-8-11-24(34-17(2)3)19(15-18)16-27/h5-8,11,15,17,23,28,31H,4,9-10,12-14H2,1-3H3/t23-/m0/s1. The molecule has 9 nitrogen and oxygen atoms in total. The van der Waals surface area contributed by atoms with Crippen molar-refractivity contribution in [3.63, 3.8) is 0 Å². The molecule has 1 aliphatic carbocycles. The van der Waals surface area contributed by atoms with Crippen molar-refractivity contribution in [2.75, 3.05) is 18.8 Å². The van der Waals surface area contributed by atoms with E-state index in [0.717, 1.165) is 29.7 Å². The first-order chi connectivity index (χ1) is 17.3. The summed E-state index contributed by atoms with van der Waals surface area (Å²) < 4.78 is 39.2. The van der Waals surface area contributed by atoms with Gasteiger partial charge in [-0.3, -0.25) is 0 Å². The van der Waals surface area contributed by atoms with Crippen molar-refractivity contribution in [1.29, 1.82) is 5.26 Å². The monoisotopic (exact) mass is 509 g/mol. The number of benzene rings is 2. The van der Waals surface area contributed by atoms with Crippen LogP contribution in [0.25, 0.3) is 22.8 Å². The maximum absolute atomic E-state index is 12.6. The predicted octanol–water partition coefficient (Wildman–Crippen LogP) is 3.97. The van der Waals surface area contributed by atoms with Crippen molar-refractivity contribution < 1.29 is 17.7 Å². The number of sulfonamides is 1. The van der Waals surface area contributed by atoms with Crippen LogP contribution >= 0.6 is 0 Å². The van der Waals surface area contributed by atoms with E-state index in [1.807, 2.05) is 39.0 Å². The van der Waals surface area contributed by atoms with Gasteiger partial charge in [-0.05, 0) is 69.0 Å². The van der Waals surface area contributed by atoms with Crippen LogP contribution in [0.15, 0.2) is 40.9 Å². The SMILES string of the molecule is CCCNCCS(=O)(=O)N[C@H]1CCc2c(-c3noc(-c4ccc(OC(C)C)c(C#N)c4)n3)cccc21. The Kier molecular flexibility index (Phi) is 8.04. The Labute approximate surface area is 211 Å². The lowest BCUT2D eigenvalue weighted by atomic mass is 10.0. The highest BCUT2D eigenvalue weighted by molar-refractivity contribution is 7.89. The molecule has 0 saturated heterocycles. The van der Waals surface area contributed by atoms with Gasteiger partial charge in [-0.15, -0.1) is 0 Å². The summed E-state index contributed by atoms with van der Waals surface area (Å²) in [6.07, 6.45) is 2.28. The first kappa shape index (κ1) is 25.8. The molecule has 190 valence electrons. The Hall–Kier alpha value is -3.26. The molecule has 1 atom stereocenters. The Morgan fingerprint density at radius 1 is 1.25 bits per heavy atom. The smallest absolute Gasteiger partial charge is 0.258 e. The minimum Gasteiger partial charge on any atom is -0.490 e. The number of rotatable bonds is 11. The van der Waals surface area contributed by atoms with Gasteiger partial charge in [0, 0.05) is 23.7 Å². The molecule has 3 aromatic rings. The van der Waals surface area contributed by atoms with Crippen LogP contribution in [0.3, 0.4) is 0 Å². The van der Waals surface area contributed by atoms with Crippen LogP contribution in [0.2, 0.25) is 0 Å². The molecule has 1 aliphatic rings. The maximum Gasteiger partial charge on any atom is 0.258 e. The van der Waals surface area contributed by atoms with Crippen molar-refractivity contribution in [3.8, 4) is 34.7 Å². The fourth-order valence-corrected chi connectivity index (χ4v) is 5.54. The zero-order valence-corrected chi connectivity index (χ0v) is 21.6. The second kappa shape index (κ2) is 11.2. The molecule has 0 aliphatic heterocycles. The minimum atomic E-state index is -3.41. The number of fused-ring (bicyclic) bond motifs is 1. The number of nitrogens with one attached hydrogen (secondary N) is 2. The van der Waals surface area contributed by atoms with E-state index >= 15 is 0 Å². The molecular weight excluding hydrogens is 478 g/mol. The van der Waals surface area contributed by atoms with E-state index in [0.29, 0.717) is 48.0 Å². The summed E-state index contributed by atoms with van der Waals surface area (Å²) in [5.74, 6) is 1.27. The Morgan fingerprint density at radius 2 is 2.08 bits per heavy atom. The summed E-state index contributed by atoms with van der Waals surface area (Å²) in [5.41, 5.74) is 3.78. The number of aromatic nitrogens is 2. The molecule has 4 rings (SSSR count). The Bertz CT molecular complexity index is 1360. The lowest BCUT2D eigenvalue weighted by Crippen LogP contribution is -2.34. The lowest BCUT2D eigenvalue weighted by molar-refractivity contribution is 0.241. The first-order valence-electron chi connectivity index (χ1n) is 12.2. The predicted molar refractivity (Wildman–Crippen MR) is 137 cm³/mol. The van der Waals surface area contributed by atoms with Crippen LogP contribution in [0.5, 0.6) is 5.75 Å². The van der Waals surface area contributed by atoms with Crippen LogP contribution < -0.4 is 14.8 Å². The third-order valence-electron chi connectivity index (χ3n) is 5.94. The van der Waals surface area contributed by atoms with Gasteiger partial charge < -0.3 is 14.6 Å². The molecule has 0 bridgehead atoms. The topological polar surface area (TPSA) is 130 Å². The molecule has 0 unspecified atom stereocenters. The molecule has 2 N–H and O–H groups in total. The van der Waals surface area contributed by atoms with E-state index in [9.17, 15) is 13.7 Å². The summed E-state index contributed by atoms with van der Waals surface area (Å²) in [7, 11) is -3.41. The van der Waals surface area contributed by atoms with Crippen molar-refractivity contribution in [1.82, 2.24) is 20.2 Å². The zero-order chi connectivity index (χ0) is 25.7. The molecule has 10 heteroatoms. The normalized spacial score (nSPS) is 15.1. The highest BCUT2D eigenvalue weighted by Crippen LogP contribution is 2.38. The van der Waals surface area contributed by atoms with E-state index in [1.165, 1.54) is 0 Å². The van der Waals surface area contributed by atoms with Crippen molar-refractivity contribution in [2.24, 2.45) is 0 Å². The molecule has 0 radical (unpaired) electrons. The van der Waals surface area contributed by atoms with Crippen LogP contribution in [-0.4, -0.2) is 43.5 Å². The molecule has 2 aromatic carbocycles. The van der Waals surface area contributed by atoms with E-state index < -0.39 is 10.0 Å². The second-order valence-electron chi connectivity index (χ2n) is 9.06. The maximum atomic E-state index is 12.6. The third kappa shape index (κ3) is 5.93. The molecule has 0 spiro atoms. The average Bonchev–Trinajstić information content (AvgIpc) is 3.49. The van der Waals surface area contributed by atoms with E-state index in [-0.39, 0.29) is 17.9 Å².